The Hall–Kier alpha value is -4.32. The molecule has 1 aliphatic rings. The van der Waals surface area contributed by atoms with E-state index in [4.69, 9.17) is 14.2 Å². The third-order valence-electron chi connectivity index (χ3n) is 6.12. The summed E-state index contributed by atoms with van der Waals surface area (Å²) in [7, 11) is 3.57. The minimum Gasteiger partial charge on any atom is -0.497 e. The zero-order chi connectivity index (χ0) is 24.0. The van der Waals surface area contributed by atoms with Crippen LogP contribution in [0.15, 0.2) is 66.6 Å². The summed E-state index contributed by atoms with van der Waals surface area (Å²) in [5, 5.41) is 0.950. The largest absolute Gasteiger partial charge is 0.497 e. The molecule has 0 fully saturated rings. The van der Waals surface area contributed by atoms with Crippen LogP contribution < -0.4 is 14.2 Å². The molecule has 1 aromatic heterocycles. The maximum absolute atomic E-state index is 13.1. The first-order valence-electron chi connectivity index (χ1n) is 10.9. The van der Waals surface area contributed by atoms with E-state index in [0.717, 1.165) is 27.8 Å². The Kier molecular flexibility index (Phi) is 5.21. The van der Waals surface area contributed by atoms with Crippen molar-refractivity contribution in [2.75, 3.05) is 7.11 Å². The van der Waals surface area contributed by atoms with Crippen LogP contribution in [0, 0.1) is 13.8 Å². The molecule has 0 amide bonds. The van der Waals surface area contributed by atoms with Crippen LogP contribution >= 0.6 is 0 Å². The second kappa shape index (κ2) is 8.23. The molecule has 3 aromatic carbocycles. The third-order valence-corrected chi connectivity index (χ3v) is 6.12. The first-order chi connectivity index (χ1) is 16.4. The first-order valence-corrected chi connectivity index (χ1v) is 10.9. The number of ether oxygens (including phenoxy) is 3. The maximum Gasteiger partial charge on any atom is 0.343 e. The van der Waals surface area contributed by atoms with E-state index >= 15 is 0 Å². The summed E-state index contributed by atoms with van der Waals surface area (Å²) in [4.78, 5) is 25.8. The lowest BCUT2D eigenvalue weighted by molar-refractivity contribution is 0.0732. The number of methoxy groups -OCH3 is 1. The van der Waals surface area contributed by atoms with Gasteiger partial charge in [0, 0.05) is 35.3 Å². The van der Waals surface area contributed by atoms with Crippen molar-refractivity contribution >= 4 is 28.7 Å². The number of hydrogen-bond acceptors (Lipinski definition) is 5. The summed E-state index contributed by atoms with van der Waals surface area (Å²) < 4.78 is 19.0. The Labute approximate surface area is 197 Å². The van der Waals surface area contributed by atoms with Gasteiger partial charge in [-0.2, -0.15) is 0 Å². The predicted octanol–water partition coefficient (Wildman–Crippen LogP) is 5.64. The third kappa shape index (κ3) is 3.53. The molecule has 0 saturated carbocycles. The lowest BCUT2D eigenvalue weighted by Gasteiger charge is -2.11. The monoisotopic (exact) mass is 453 g/mol. The van der Waals surface area contributed by atoms with Crippen LogP contribution in [0.4, 0.5) is 0 Å². The van der Waals surface area contributed by atoms with Gasteiger partial charge in [-0.1, -0.05) is 18.2 Å². The van der Waals surface area contributed by atoms with Crippen LogP contribution in [0.1, 0.15) is 37.4 Å². The number of esters is 1. The van der Waals surface area contributed by atoms with Crippen molar-refractivity contribution < 1.29 is 23.8 Å². The van der Waals surface area contributed by atoms with Gasteiger partial charge in [0.25, 0.3) is 0 Å². The molecule has 0 bridgehead atoms. The van der Waals surface area contributed by atoms with E-state index in [1.165, 1.54) is 0 Å². The van der Waals surface area contributed by atoms with Gasteiger partial charge >= 0.3 is 5.97 Å². The molecule has 0 atom stereocenters. The Bertz CT molecular complexity index is 1510. The lowest BCUT2D eigenvalue weighted by atomic mass is 10.1. The van der Waals surface area contributed by atoms with Gasteiger partial charge < -0.3 is 18.8 Å². The number of aromatic nitrogens is 1. The molecule has 34 heavy (non-hydrogen) atoms. The van der Waals surface area contributed by atoms with Crippen LogP contribution in [0.2, 0.25) is 0 Å². The van der Waals surface area contributed by atoms with Crippen molar-refractivity contribution in [3.63, 3.8) is 0 Å². The molecule has 170 valence electrons. The highest BCUT2D eigenvalue weighted by atomic mass is 16.5. The number of allylic oxidation sites excluding steroid dienone is 1. The minimum absolute atomic E-state index is 0.213. The van der Waals surface area contributed by atoms with E-state index in [9.17, 15) is 9.59 Å². The van der Waals surface area contributed by atoms with E-state index in [2.05, 4.69) is 0 Å². The molecule has 4 aromatic rings. The van der Waals surface area contributed by atoms with Gasteiger partial charge in [-0.15, -0.1) is 0 Å². The quantitative estimate of drug-likeness (QED) is 0.227. The Balaban J connectivity index is 1.48. The van der Waals surface area contributed by atoms with Crippen LogP contribution in [0.3, 0.4) is 0 Å². The highest BCUT2D eigenvalue weighted by molar-refractivity contribution is 6.15. The number of nitrogens with zero attached hydrogens (tertiary/aromatic N) is 1. The number of carbonyl (C=O) groups excluding carboxylic acids is 2. The molecule has 2 heterocycles. The van der Waals surface area contributed by atoms with Crippen LogP contribution in [0.25, 0.3) is 17.0 Å². The summed E-state index contributed by atoms with van der Waals surface area (Å²) >= 11 is 0. The van der Waals surface area contributed by atoms with Gasteiger partial charge in [0.15, 0.2) is 5.76 Å². The Morgan fingerprint density at radius 3 is 2.62 bits per heavy atom. The normalized spacial score (nSPS) is 13.8. The maximum atomic E-state index is 13.1. The number of hydrogen-bond donors (Lipinski definition) is 0. The number of aryl methyl sites for hydroxylation is 2. The molecule has 0 spiro atoms. The van der Waals surface area contributed by atoms with E-state index < -0.39 is 5.97 Å². The molecule has 0 N–H and O–H groups in total. The molecule has 0 radical (unpaired) electrons. The van der Waals surface area contributed by atoms with Gasteiger partial charge in [-0.05, 0) is 61.9 Å². The van der Waals surface area contributed by atoms with Crippen LogP contribution in [0.5, 0.6) is 17.2 Å². The molecule has 0 aliphatic carbocycles. The average molecular weight is 453 g/mol. The second-order valence-electron chi connectivity index (χ2n) is 8.29. The van der Waals surface area contributed by atoms with Gasteiger partial charge in [0.2, 0.25) is 5.78 Å². The fraction of sp³-hybridized carbons (Fsp3) is 0.143. The standard InChI is InChI=1S/C28H23NO5/c1-16-7-5-6-8-20(16)28(31)34-24-12-10-21-26(30)25(33-27(21)17(24)2)13-18-15-29(3)23-11-9-19(32-4)14-22(18)23/h5-15H,1-4H3. The zero-order valence-corrected chi connectivity index (χ0v) is 19.3. The fourth-order valence-electron chi connectivity index (χ4n) is 4.22. The smallest absolute Gasteiger partial charge is 0.343 e. The van der Waals surface area contributed by atoms with Crippen molar-refractivity contribution in [3.05, 3.63) is 94.4 Å². The van der Waals surface area contributed by atoms with E-state index in [-0.39, 0.29) is 11.5 Å². The minimum atomic E-state index is -0.453. The molecule has 6 heteroatoms. The van der Waals surface area contributed by atoms with Gasteiger partial charge in [-0.25, -0.2) is 4.79 Å². The Morgan fingerprint density at radius 1 is 1.06 bits per heavy atom. The van der Waals surface area contributed by atoms with Gasteiger partial charge in [0.1, 0.15) is 17.2 Å². The molecular weight excluding hydrogens is 430 g/mol. The number of fused-ring (bicyclic) bond motifs is 2. The number of benzene rings is 3. The number of Topliss-reactive ketones (excluding diaryl/α,β-unsaturated/α-hetero) is 1. The van der Waals surface area contributed by atoms with Gasteiger partial charge in [-0.3, -0.25) is 4.79 Å². The SMILES string of the molecule is COc1ccc2c(c1)c(C=C1Oc3c(ccc(OC(=O)c4ccccc4C)c3C)C1=O)cn2C. The molecular formula is C28H23NO5. The number of rotatable bonds is 4. The van der Waals surface area contributed by atoms with E-state index in [1.807, 2.05) is 55.1 Å². The van der Waals surface area contributed by atoms with Crippen LogP contribution in [-0.4, -0.2) is 23.4 Å². The molecule has 5 rings (SSSR count). The first kappa shape index (κ1) is 21.5. The fourth-order valence-corrected chi connectivity index (χ4v) is 4.22. The molecule has 1 aliphatic heterocycles. The molecule has 0 unspecified atom stereocenters. The van der Waals surface area contributed by atoms with Crippen molar-refractivity contribution in [3.8, 4) is 17.2 Å². The summed E-state index contributed by atoms with van der Waals surface area (Å²) in [6.07, 6.45) is 3.68. The summed E-state index contributed by atoms with van der Waals surface area (Å²) in [5.41, 5.74) is 4.21. The topological polar surface area (TPSA) is 66.8 Å². The molecule has 6 nitrogen and oxygen atoms in total. The predicted molar refractivity (Wildman–Crippen MR) is 130 cm³/mol. The number of ketones is 1. The number of carbonyl (C=O) groups is 2. The van der Waals surface area contributed by atoms with Crippen molar-refractivity contribution in [1.29, 1.82) is 0 Å². The van der Waals surface area contributed by atoms with Crippen molar-refractivity contribution in [1.82, 2.24) is 4.57 Å². The highest BCUT2D eigenvalue weighted by Crippen LogP contribution is 2.40. The highest BCUT2D eigenvalue weighted by Gasteiger charge is 2.31. The lowest BCUT2D eigenvalue weighted by Crippen LogP contribution is -2.11. The second-order valence-corrected chi connectivity index (χ2v) is 8.29. The zero-order valence-electron chi connectivity index (χ0n) is 19.3. The summed E-state index contributed by atoms with van der Waals surface area (Å²) in [6.45, 7) is 3.63. The molecule has 0 saturated heterocycles. The summed E-state index contributed by atoms with van der Waals surface area (Å²) in [5.74, 6) is 1.05. The van der Waals surface area contributed by atoms with E-state index in [0.29, 0.717) is 28.2 Å². The van der Waals surface area contributed by atoms with Crippen LogP contribution in [-0.2, 0) is 7.05 Å². The van der Waals surface area contributed by atoms with Crippen molar-refractivity contribution in [2.24, 2.45) is 7.05 Å². The summed E-state index contributed by atoms with van der Waals surface area (Å²) in [6, 6.07) is 16.3. The van der Waals surface area contributed by atoms with E-state index in [1.54, 1.807) is 44.4 Å². The average Bonchev–Trinajstić information content (AvgIpc) is 3.32. The Morgan fingerprint density at radius 2 is 1.85 bits per heavy atom. The van der Waals surface area contributed by atoms with Gasteiger partial charge in [0.05, 0.1) is 18.2 Å². The van der Waals surface area contributed by atoms with Crippen molar-refractivity contribution in [2.45, 2.75) is 13.8 Å².